The minimum absolute atomic E-state index is 0.348. The zero-order valence-electron chi connectivity index (χ0n) is 11.2. The fourth-order valence-corrected chi connectivity index (χ4v) is 1.85. The summed E-state index contributed by atoms with van der Waals surface area (Å²) in [4.78, 5) is 0. The number of nitriles is 1. The summed E-state index contributed by atoms with van der Waals surface area (Å²) >= 11 is 0. The summed E-state index contributed by atoms with van der Waals surface area (Å²) in [6.45, 7) is 3.15. The van der Waals surface area contributed by atoms with Crippen LogP contribution in [0.3, 0.4) is 0 Å². The predicted octanol–water partition coefficient (Wildman–Crippen LogP) is 3.85. The second-order valence-electron chi connectivity index (χ2n) is 4.53. The Morgan fingerprint density at radius 1 is 1.25 bits per heavy atom. The third-order valence-corrected chi connectivity index (χ3v) is 2.97. The van der Waals surface area contributed by atoms with E-state index in [-0.39, 0.29) is 0 Å². The molecule has 1 N–H and O–H groups in total. The Hall–Kier alpha value is -2.38. The van der Waals surface area contributed by atoms with Crippen molar-refractivity contribution in [1.29, 1.82) is 5.26 Å². The van der Waals surface area contributed by atoms with Crippen LogP contribution in [-0.2, 0) is 0 Å². The average molecular weight is 271 g/mol. The quantitative estimate of drug-likeness (QED) is 0.922. The molecule has 0 radical (unpaired) electrons. The van der Waals surface area contributed by atoms with Crippen LogP contribution in [0.15, 0.2) is 36.4 Å². The number of halogens is 1. The van der Waals surface area contributed by atoms with Crippen LogP contribution in [-0.4, -0.2) is 5.11 Å². The van der Waals surface area contributed by atoms with Crippen molar-refractivity contribution < 1.29 is 14.2 Å². The lowest BCUT2D eigenvalue weighted by molar-refractivity contribution is 0.195. The van der Waals surface area contributed by atoms with Gasteiger partial charge in [0.2, 0.25) is 0 Å². The summed E-state index contributed by atoms with van der Waals surface area (Å²) in [7, 11) is 0. The van der Waals surface area contributed by atoms with Crippen LogP contribution in [0.1, 0.15) is 29.7 Å². The van der Waals surface area contributed by atoms with E-state index in [1.54, 1.807) is 31.2 Å². The average Bonchev–Trinajstić information content (AvgIpc) is 2.43. The second-order valence-corrected chi connectivity index (χ2v) is 4.53. The minimum Gasteiger partial charge on any atom is -0.456 e. The van der Waals surface area contributed by atoms with Crippen LogP contribution in [0.25, 0.3) is 0 Å². The fourth-order valence-electron chi connectivity index (χ4n) is 1.85. The molecule has 0 heterocycles. The van der Waals surface area contributed by atoms with Gasteiger partial charge < -0.3 is 9.84 Å². The highest BCUT2D eigenvalue weighted by Crippen LogP contribution is 2.33. The van der Waals surface area contributed by atoms with Gasteiger partial charge in [0.25, 0.3) is 0 Å². The smallest absolute Gasteiger partial charge is 0.145 e. The van der Waals surface area contributed by atoms with Crippen LogP contribution >= 0.6 is 0 Å². The Labute approximate surface area is 116 Å². The maximum absolute atomic E-state index is 13.6. The summed E-state index contributed by atoms with van der Waals surface area (Å²) < 4.78 is 19.3. The normalized spacial score (nSPS) is 11.8. The molecule has 2 aromatic rings. The molecule has 0 bridgehead atoms. The second kappa shape index (κ2) is 5.72. The number of rotatable bonds is 3. The molecule has 0 fully saturated rings. The lowest BCUT2D eigenvalue weighted by Crippen LogP contribution is -1.99. The maximum Gasteiger partial charge on any atom is 0.145 e. The van der Waals surface area contributed by atoms with E-state index >= 15 is 0 Å². The molecular formula is C16H14FNO2. The van der Waals surface area contributed by atoms with Crippen molar-refractivity contribution in [3.63, 3.8) is 0 Å². The Bertz CT molecular complexity index is 675. The van der Waals surface area contributed by atoms with Gasteiger partial charge in [-0.2, -0.15) is 5.26 Å². The molecule has 0 saturated carbocycles. The Kier molecular flexibility index (Phi) is 4.02. The molecule has 4 heteroatoms. The number of para-hydroxylation sites is 1. The monoisotopic (exact) mass is 271 g/mol. The Balaban J connectivity index is 2.48. The zero-order valence-corrected chi connectivity index (χ0v) is 11.2. The van der Waals surface area contributed by atoms with Crippen molar-refractivity contribution in [1.82, 2.24) is 0 Å². The van der Waals surface area contributed by atoms with Crippen molar-refractivity contribution >= 4 is 0 Å². The van der Waals surface area contributed by atoms with Crippen molar-refractivity contribution in [3.05, 3.63) is 58.9 Å². The molecule has 0 saturated heterocycles. The summed E-state index contributed by atoms with van der Waals surface area (Å²) in [5.74, 6) is 0.325. The van der Waals surface area contributed by atoms with Crippen LogP contribution < -0.4 is 4.74 Å². The van der Waals surface area contributed by atoms with Gasteiger partial charge in [0, 0.05) is 5.56 Å². The van der Waals surface area contributed by atoms with E-state index < -0.39 is 11.9 Å². The molecule has 20 heavy (non-hydrogen) atoms. The highest BCUT2D eigenvalue weighted by Gasteiger charge is 2.15. The number of ether oxygens (including phenoxy) is 1. The third kappa shape index (κ3) is 2.79. The van der Waals surface area contributed by atoms with E-state index in [0.717, 1.165) is 0 Å². The molecule has 0 aromatic heterocycles. The molecule has 1 unspecified atom stereocenters. The largest absolute Gasteiger partial charge is 0.456 e. The Morgan fingerprint density at radius 2 is 1.95 bits per heavy atom. The first kappa shape index (κ1) is 14.0. The van der Waals surface area contributed by atoms with Crippen molar-refractivity contribution in [2.24, 2.45) is 0 Å². The van der Waals surface area contributed by atoms with Crippen molar-refractivity contribution in [3.8, 4) is 17.6 Å². The SMILES string of the molecule is Cc1cc(Oc2ccccc2C#N)c(C(C)O)cc1F. The summed E-state index contributed by atoms with van der Waals surface area (Å²) in [6, 6.07) is 11.6. The third-order valence-electron chi connectivity index (χ3n) is 2.97. The maximum atomic E-state index is 13.6. The molecular weight excluding hydrogens is 257 g/mol. The molecule has 0 aliphatic carbocycles. The van der Waals surface area contributed by atoms with E-state index in [2.05, 4.69) is 0 Å². The molecule has 0 amide bonds. The first-order valence-corrected chi connectivity index (χ1v) is 6.18. The number of aliphatic hydroxyl groups excluding tert-OH is 1. The first-order valence-electron chi connectivity index (χ1n) is 6.18. The van der Waals surface area contributed by atoms with Gasteiger partial charge in [-0.05, 0) is 43.7 Å². The lowest BCUT2D eigenvalue weighted by atomic mass is 10.1. The number of hydrogen-bond acceptors (Lipinski definition) is 3. The summed E-state index contributed by atoms with van der Waals surface area (Å²) in [5.41, 5.74) is 1.14. The number of aliphatic hydroxyl groups is 1. The molecule has 102 valence electrons. The molecule has 2 aromatic carbocycles. The first-order chi connectivity index (χ1) is 9.52. The molecule has 2 rings (SSSR count). The standard InChI is InChI=1S/C16H14FNO2/c1-10-7-16(13(11(2)19)8-14(10)17)20-15-6-4-3-5-12(15)9-18/h3-8,11,19H,1-2H3. The van der Waals surface area contributed by atoms with E-state index in [1.807, 2.05) is 6.07 Å². The van der Waals surface area contributed by atoms with E-state index in [0.29, 0.717) is 28.2 Å². The molecule has 0 aliphatic rings. The van der Waals surface area contributed by atoms with Crippen LogP contribution in [0.5, 0.6) is 11.5 Å². The topological polar surface area (TPSA) is 53.2 Å². The van der Waals surface area contributed by atoms with E-state index in [1.165, 1.54) is 19.1 Å². The van der Waals surface area contributed by atoms with Gasteiger partial charge in [0.05, 0.1) is 11.7 Å². The number of benzene rings is 2. The lowest BCUT2D eigenvalue weighted by Gasteiger charge is -2.15. The molecule has 1 atom stereocenters. The van der Waals surface area contributed by atoms with Crippen LogP contribution in [0.4, 0.5) is 4.39 Å². The van der Waals surface area contributed by atoms with Crippen molar-refractivity contribution in [2.45, 2.75) is 20.0 Å². The van der Waals surface area contributed by atoms with Gasteiger partial charge in [-0.3, -0.25) is 0 Å². The minimum atomic E-state index is -0.866. The van der Waals surface area contributed by atoms with E-state index in [9.17, 15) is 9.50 Å². The van der Waals surface area contributed by atoms with Crippen LogP contribution in [0.2, 0.25) is 0 Å². The highest BCUT2D eigenvalue weighted by molar-refractivity contribution is 5.48. The van der Waals surface area contributed by atoms with Gasteiger partial charge >= 0.3 is 0 Å². The fraction of sp³-hybridized carbons (Fsp3) is 0.188. The number of hydrogen-bond donors (Lipinski definition) is 1. The summed E-state index contributed by atoms with van der Waals surface area (Å²) in [6.07, 6.45) is -0.866. The van der Waals surface area contributed by atoms with Gasteiger partial charge in [0.1, 0.15) is 23.4 Å². The number of nitrogens with zero attached hydrogens (tertiary/aromatic N) is 1. The summed E-state index contributed by atoms with van der Waals surface area (Å²) in [5, 5.41) is 18.7. The van der Waals surface area contributed by atoms with Crippen LogP contribution in [0, 0.1) is 24.1 Å². The van der Waals surface area contributed by atoms with Gasteiger partial charge in [-0.25, -0.2) is 4.39 Å². The number of aryl methyl sites for hydroxylation is 1. The highest BCUT2D eigenvalue weighted by atomic mass is 19.1. The van der Waals surface area contributed by atoms with Gasteiger partial charge in [-0.15, -0.1) is 0 Å². The van der Waals surface area contributed by atoms with Gasteiger partial charge in [-0.1, -0.05) is 12.1 Å². The predicted molar refractivity (Wildman–Crippen MR) is 73.0 cm³/mol. The molecule has 3 nitrogen and oxygen atoms in total. The van der Waals surface area contributed by atoms with Gasteiger partial charge in [0.15, 0.2) is 0 Å². The van der Waals surface area contributed by atoms with E-state index in [4.69, 9.17) is 10.00 Å². The molecule has 0 spiro atoms. The molecule has 0 aliphatic heterocycles. The van der Waals surface area contributed by atoms with Crippen molar-refractivity contribution in [2.75, 3.05) is 0 Å². The zero-order chi connectivity index (χ0) is 14.7. The Morgan fingerprint density at radius 3 is 2.60 bits per heavy atom.